The van der Waals surface area contributed by atoms with E-state index >= 15 is 0 Å². The van der Waals surface area contributed by atoms with Gasteiger partial charge < -0.3 is 5.32 Å². The summed E-state index contributed by atoms with van der Waals surface area (Å²) in [4.78, 5) is 5.96. The molecular formula is C16H21ClN2S. The van der Waals surface area contributed by atoms with E-state index < -0.39 is 0 Å². The summed E-state index contributed by atoms with van der Waals surface area (Å²) in [5, 5.41) is 5.56. The Morgan fingerprint density at radius 2 is 2.05 bits per heavy atom. The minimum absolute atomic E-state index is 0.293. The molecule has 1 atom stereocenters. The van der Waals surface area contributed by atoms with Crippen molar-refractivity contribution in [3.63, 3.8) is 0 Å². The van der Waals surface area contributed by atoms with Gasteiger partial charge in [0.1, 0.15) is 0 Å². The number of aryl methyl sites for hydroxylation is 3. The first-order valence-electron chi connectivity index (χ1n) is 6.93. The first-order chi connectivity index (χ1) is 9.51. The molecule has 0 aliphatic rings. The fraction of sp³-hybridized carbons (Fsp3) is 0.438. The van der Waals surface area contributed by atoms with Crippen LogP contribution in [0, 0.1) is 20.8 Å². The average molecular weight is 309 g/mol. The highest BCUT2D eigenvalue weighted by Crippen LogP contribution is 2.26. The van der Waals surface area contributed by atoms with Crippen LogP contribution in [-0.2, 0) is 6.42 Å². The lowest BCUT2D eigenvalue weighted by Gasteiger charge is -2.18. The Morgan fingerprint density at radius 3 is 2.60 bits per heavy atom. The summed E-state index contributed by atoms with van der Waals surface area (Å²) in [6, 6.07) is 6.55. The van der Waals surface area contributed by atoms with Crippen molar-refractivity contribution in [1.29, 1.82) is 0 Å². The van der Waals surface area contributed by atoms with Gasteiger partial charge in [-0.15, -0.1) is 11.3 Å². The van der Waals surface area contributed by atoms with Crippen molar-refractivity contribution >= 4 is 22.9 Å². The van der Waals surface area contributed by atoms with Gasteiger partial charge in [-0.3, -0.25) is 0 Å². The Morgan fingerprint density at radius 1 is 1.30 bits per heavy atom. The van der Waals surface area contributed by atoms with Gasteiger partial charge in [-0.2, -0.15) is 0 Å². The number of nitrogens with zero attached hydrogens (tertiary/aromatic N) is 1. The normalized spacial score (nSPS) is 12.7. The Balaban J connectivity index is 2.23. The molecule has 1 aromatic carbocycles. The SMILES string of the molecule is CCNC(Cc1nc(C)c(C)s1)c1ccc(Cl)c(C)c1. The predicted octanol–water partition coefficient (Wildman–Crippen LogP) is 4.62. The molecule has 20 heavy (non-hydrogen) atoms. The van der Waals surface area contributed by atoms with Crippen LogP contribution in [0.2, 0.25) is 5.02 Å². The van der Waals surface area contributed by atoms with Crippen molar-refractivity contribution < 1.29 is 0 Å². The molecule has 0 fully saturated rings. The largest absolute Gasteiger partial charge is 0.310 e. The number of thiazole rings is 1. The fourth-order valence-corrected chi connectivity index (χ4v) is 3.34. The zero-order chi connectivity index (χ0) is 14.7. The maximum Gasteiger partial charge on any atom is 0.0949 e. The van der Waals surface area contributed by atoms with Gasteiger partial charge in [0, 0.05) is 22.4 Å². The molecule has 1 unspecified atom stereocenters. The number of benzene rings is 1. The van der Waals surface area contributed by atoms with Gasteiger partial charge in [0.2, 0.25) is 0 Å². The van der Waals surface area contributed by atoms with Crippen LogP contribution >= 0.6 is 22.9 Å². The second kappa shape index (κ2) is 6.70. The van der Waals surface area contributed by atoms with Crippen molar-refractivity contribution in [3.8, 4) is 0 Å². The maximum atomic E-state index is 6.12. The third-order valence-electron chi connectivity index (χ3n) is 3.49. The van der Waals surface area contributed by atoms with Gasteiger partial charge >= 0.3 is 0 Å². The third kappa shape index (κ3) is 3.60. The summed E-state index contributed by atoms with van der Waals surface area (Å²) >= 11 is 7.91. The first kappa shape index (κ1) is 15.5. The van der Waals surface area contributed by atoms with E-state index in [4.69, 9.17) is 11.6 Å². The van der Waals surface area contributed by atoms with Crippen molar-refractivity contribution in [1.82, 2.24) is 10.3 Å². The lowest BCUT2D eigenvalue weighted by atomic mass is 10.0. The van der Waals surface area contributed by atoms with E-state index in [0.29, 0.717) is 6.04 Å². The van der Waals surface area contributed by atoms with E-state index in [1.165, 1.54) is 15.4 Å². The molecule has 2 aromatic rings. The van der Waals surface area contributed by atoms with Crippen molar-refractivity contribution in [3.05, 3.63) is 49.9 Å². The standard InChI is InChI=1S/C16H21ClN2S/c1-5-18-15(9-16-19-11(3)12(4)20-16)13-6-7-14(17)10(2)8-13/h6-8,15,18H,5,9H2,1-4H3. The summed E-state index contributed by atoms with van der Waals surface area (Å²) in [6.07, 6.45) is 0.925. The minimum atomic E-state index is 0.293. The zero-order valence-electron chi connectivity index (χ0n) is 12.5. The quantitative estimate of drug-likeness (QED) is 0.872. The maximum absolute atomic E-state index is 6.12. The Hall–Kier alpha value is -0.900. The van der Waals surface area contributed by atoms with Gasteiger partial charge in [-0.25, -0.2) is 4.98 Å². The summed E-state index contributed by atoms with van der Waals surface area (Å²) in [6.45, 7) is 9.32. The van der Waals surface area contributed by atoms with Crippen LogP contribution in [0.4, 0.5) is 0 Å². The number of aromatic nitrogens is 1. The molecule has 2 nitrogen and oxygen atoms in total. The lowest BCUT2D eigenvalue weighted by molar-refractivity contribution is 0.548. The molecule has 0 amide bonds. The van der Waals surface area contributed by atoms with E-state index in [9.17, 15) is 0 Å². The highest BCUT2D eigenvalue weighted by atomic mass is 35.5. The number of nitrogens with one attached hydrogen (secondary N) is 1. The third-order valence-corrected chi connectivity index (χ3v) is 5.01. The van der Waals surface area contributed by atoms with Gasteiger partial charge in [0.05, 0.1) is 10.7 Å². The van der Waals surface area contributed by atoms with Gasteiger partial charge in [0.15, 0.2) is 0 Å². The van der Waals surface area contributed by atoms with E-state index in [1.807, 2.05) is 13.0 Å². The summed E-state index contributed by atoms with van der Waals surface area (Å²) in [5.41, 5.74) is 3.55. The molecule has 1 N–H and O–H groups in total. The van der Waals surface area contributed by atoms with Crippen molar-refractivity contribution in [2.24, 2.45) is 0 Å². The molecule has 0 saturated heterocycles. The highest BCUT2D eigenvalue weighted by molar-refractivity contribution is 7.11. The van der Waals surface area contributed by atoms with Crippen LogP contribution in [0.1, 0.15) is 39.7 Å². The number of hydrogen-bond acceptors (Lipinski definition) is 3. The smallest absolute Gasteiger partial charge is 0.0949 e. The van der Waals surface area contributed by atoms with Crippen LogP contribution in [0.3, 0.4) is 0 Å². The van der Waals surface area contributed by atoms with E-state index in [1.54, 1.807) is 11.3 Å². The highest BCUT2D eigenvalue weighted by Gasteiger charge is 2.15. The molecule has 0 spiro atoms. The predicted molar refractivity (Wildman–Crippen MR) is 87.9 cm³/mol. The fourth-order valence-electron chi connectivity index (χ4n) is 2.24. The molecule has 1 heterocycles. The van der Waals surface area contributed by atoms with Gasteiger partial charge in [-0.05, 0) is 44.5 Å². The van der Waals surface area contributed by atoms with Crippen molar-refractivity contribution in [2.75, 3.05) is 6.54 Å². The second-order valence-electron chi connectivity index (χ2n) is 5.07. The molecule has 0 bridgehead atoms. The Kier molecular flexibility index (Phi) is 5.19. The molecule has 0 saturated carbocycles. The number of likely N-dealkylation sites (N-methyl/N-ethyl adjacent to an activating group) is 1. The van der Waals surface area contributed by atoms with E-state index in [-0.39, 0.29) is 0 Å². The molecule has 4 heteroatoms. The van der Waals surface area contributed by atoms with Gasteiger partial charge in [0.25, 0.3) is 0 Å². The zero-order valence-corrected chi connectivity index (χ0v) is 14.0. The van der Waals surface area contributed by atoms with Gasteiger partial charge in [-0.1, -0.05) is 30.7 Å². The molecule has 108 valence electrons. The number of halogens is 1. The monoisotopic (exact) mass is 308 g/mol. The van der Waals surface area contributed by atoms with E-state index in [2.05, 4.69) is 43.2 Å². The second-order valence-corrected chi connectivity index (χ2v) is 6.77. The molecule has 0 aliphatic heterocycles. The number of hydrogen-bond donors (Lipinski definition) is 1. The molecular weight excluding hydrogens is 288 g/mol. The average Bonchev–Trinajstić information content (AvgIpc) is 2.71. The van der Waals surface area contributed by atoms with Crippen LogP contribution in [0.5, 0.6) is 0 Å². The molecule has 0 radical (unpaired) electrons. The van der Waals surface area contributed by atoms with Crippen molar-refractivity contribution in [2.45, 2.75) is 40.2 Å². The lowest BCUT2D eigenvalue weighted by Crippen LogP contribution is -2.23. The van der Waals surface area contributed by atoms with Crippen LogP contribution in [0.25, 0.3) is 0 Å². The summed E-state index contributed by atoms with van der Waals surface area (Å²) < 4.78 is 0. The minimum Gasteiger partial charge on any atom is -0.310 e. The Bertz CT molecular complexity index is 573. The van der Waals surface area contributed by atoms with Crippen LogP contribution < -0.4 is 5.32 Å². The molecule has 2 rings (SSSR count). The summed E-state index contributed by atoms with van der Waals surface area (Å²) in [7, 11) is 0. The van der Waals surface area contributed by atoms with E-state index in [0.717, 1.165) is 29.2 Å². The Labute approximate surface area is 130 Å². The first-order valence-corrected chi connectivity index (χ1v) is 8.13. The van der Waals surface area contributed by atoms with Crippen LogP contribution in [-0.4, -0.2) is 11.5 Å². The topological polar surface area (TPSA) is 24.9 Å². The molecule has 1 aromatic heterocycles. The summed E-state index contributed by atoms with van der Waals surface area (Å²) in [5.74, 6) is 0. The molecule has 0 aliphatic carbocycles. The van der Waals surface area contributed by atoms with Crippen LogP contribution in [0.15, 0.2) is 18.2 Å². The number of rotatable bonds is 5.